The molecule has 3 rings (SSSR count). The lowest BCUT2D eigenvalue weighted by Gasteiger charge is -2.04. The van der Waals surface area contributed by atoms with Crippen molar-refractivity contribution in [3.05, 3.63) is 69.6 Å². The molecule has 132 valence electrons. The summed E-state index contributed by atoms with van der Waals surface area (Å²) in [6, 6.07) is 11.9. The molecule has 0 saturated carbocycles. The number of benzene rings is 2. The molecule has 0 aliphatic heterocycles. The summed E-state index contributed by atoms with van der Waals surface area (Å²) >= 11 is 0. The lowest BCUT2D eigenvalue weighted by atomic mass is 10.0. The maximum atomic E-state index is 11.2. The Morgan fingerprint density at radius 1 is 1.31 bits per heavy atom. The molecule has 26 heavy (non-hydrogen) atoms. The standard InChI is InChI=1S/C19H16N2O5/c1-2-13-8-7-12(10-16(13)21(24)25)9-14(11-18(22)23)19-20-15-5-3-4-6-17(15)26-19/h3-10H,2,11H2,1H3,(H,22,23)/b14-9+. The summed E-state index contributed by atoms with van der Waals surface area (Å²) in [5.41, 5.74) is 2.65. The molecule has 2 aromatic carbocycles. The lowest BCUT2D eigenvalue weighted by molar-refractivity contribution is -0.385. The van der Waals surface area contributed by atoms with Gasteiger partial charge in [0.2, 0.25) is 5.89 Å². The predicted octanol–water partition coefficient (Wildman–Crippen LogP) is 4.31. The van der Waals surface area contributed by atoms with Gasteiger partial charge < -0.3 is 9.52 Å². The maximum Gasteiger partial charge on any atom is 0.308 e. The van der Waals surface area contributed by atoms with Gasteiger partial charge in [-0.15, -0.1) is 0 Å². The quantitative estimate of drug-likeness (QED) is 0.523. The van der Waals surface area contributed by atoms with Crippen molar-refractivity contribution in [2.75, 3.05) is 0 Å². The fraction of sp³-hybridized carbons (Fsp3) is 0.158. The monoisotopic (exact) mass is 352 g/mol. The predicted molar refractivity (Wildman–Crippen MR) is 96.6 cm³/mol. The highest BCUT2D eigenvalue weighted by molar-refractivity contribution is 5.91. The minimum Gasteiger partial charge on any atom is -0.481 e. The fourth-order valence-corrected chi connectivity index (χ4v) is 2.70. The number of rotatable bonds is 6. The third-order valence-electron chi connectivity index (χ3n) is 3.94. The van der Waals surface area contributed by atoms with Crippen LogP contribution in [-0.4, -0.2) is 21.0 Å². The van der Waals surface area contributed by atoms with Crippen molar-refractivity contribution in [3.63, 3.8) is 0 Å². The van der Waals surface area contributed by atoms with Gasteiger partial charge >= 0.3 is 5.97 Å². The minimum absolute atomic E-state index is 0.00786. The highest BCUT2D eigenvalue weighted by atomic mass is 16.6. The molecule has 1 N–H and O–H groups in total. The Morgan fingerprint density at radius 2 is 2.08 bits per heavy atom. The summed E-state index contributed by atoms with van der Waals surface area (Å²) in [7, 11) is 0. The fourth-order valence-electron chi connectivity index (χ4n) is 2.70. The number of carboxylic acids is 1. The first-order valence-corrected chi connectivity index (χ1v) is 8.03. The molecule has 0 amide bonds. The molecule has 0 unspecified atom stereocenters. The van der Waals surface area contributed by atoms with E-state index in [0.717, 1.165) is 0 Å². The Hall–Kier alpha value is -3.48. The topological polar surface area (TPSA) is 106 Å². The Labute approximate surface area is 148 Å². The molecule has 3 aromatic rings. The van der Waals surface area contributed by atoms with E-state index in [1.54, 1.807) is 36.4 Å². The van der Waals surface area contributed by atoms with Crippen LogP contribution in [0, 0.1) is 10.1 Å². The van der Waals surface area contributed by atoms with Gasteiger partial charge in [0, 0.05) is 17.2 Å². The number of fused-ring (bicyclic) bond motifs is 1. The summed E-state index contributed by atoms with van der Waals surface area (Å²) in [5, 5.41) is 20.4. The van der Waals surface area contributed by atoms with Crippen molar-refractivity contribution in [1.29, 1.82) is 0 Å². The van der Waals surface area contributed by atoms with Gasteiger partial charge in [-0.05, 0) is 30.2 Å². The van der Waals surface area contributed by atoms with Gasteiger partial charge in [0.1, 0.15) is 5.52 Å². The van der Waals surface area contributed by atoms with Gasteiger partial charge in [0.25, 0.3) is 5.69 Å². The third-order valence-corrected chi connectivity index (χ3v) is 3.94. The molecule has 0 aliphatic rings. The SMILES string of the molecule is CCc1ccc(/C=C(\CC(=O)O)c2nc3ccccc3o2)cc1[N+](=O)[O-]. The summed E-state index contributed by atoms with van der Waals surface area (Å²) in [5.74, 6) is -0.853. The summed E-state index contributed by atoms with van der Waals surface area (Å²) in [6.07, 6.45) is 1.79. The molecule has 0 bridgehead atoms. The number of hydrogen-bond donors (Lipinski definition) is 1. The van der Waals surface area contributed by atoms with Crippen LogP contribution in [0.15, 0.2) is 46.9 Å². The van der Waals surface area contributed by atoms with Gasteiger partial charge in [0.15, 0.2) is 5.58 Å². The number of nitro benzene ring substituents is 1. The number of oxazole rings is 1. The van der Waals surface area contributed by atoms with Gasteiger partial charge in [-0.25, -0.2) is 4.98 Å². The molecule has 7 nitrogen and oxygen atoms in total. The molecule has 0 atom stereocenters. The second kappa shape index (κ2) is 7.18. The highest BCUT2D eigenvalue weighted by Crippen LogP contribution is 2.27. The Morgan fingerprint density at radius 3 is 2.73 bits per heavy atom. The molecule has 1 heterocycles. The lowest BCUT2D eigenvalue weighted by Crippen LogP contribution is -1.98. The molecule has 0 fully saturated rings. The normalized spacial score (nSPS) is 11.7. The van der Waals surface area contributed by atoms with Crippen LogP contribution in [0.4, 0.5) is 5.69 Å². The average molecular weight is 352 g/mol. The summed E-state index contributed by atoms with van der Waals surface area (Å²) in [4.78, 5) is 26.4. The van der Waals surface area contributed by atoms with Crippen molar-refractivity contribution in [2.45, 2.75) is 19.8 Å². The van der Waals surface area contributed by atoms with E-state index in [1.807, 2.05) is 13.0 Å². The number of carboxylic acid groups (broad SMARTS) is 1. The Kier molecular flexibility index (Phi) is 4.79. The van der Waals surface area contributed by atoms with Crippen LogP contribution in [0.5, 0.6) is 0 Å². The van der Waals surface area contributed by atoms with Crippen LogP contribution in [0.2, 0.25) is 0 Å². The number of aromatic nitrogens is 1. The van der Waals surface area contributed by atoms with Crippen molar-refractivity contribution in [2.24, 2.45) is 0 Å². The van der Waals surface area contributed by atoms with E-state index in [4.69, 9.17) is 4.42 Å². The zero-order valence-electron chi connectivity index (χ0n) is 14.0. The number of carbonyl (C=O) groups is 1. The van der Waals surface area contributed by atoms with Crippen molar-refractivity contribution >= 4 is 34.4 Å². The number of aryl methyl sites for hydroxylation is 1. The van der Waals surface area contributed by atoms with E-state index in [2.05, 4.69) is 4.98 Å². The van der Waals surface area contributed by atoms with E-state index in [1.165, 1.54) is 6.07 Å². The zero-order chi connectivity index (χ0) is 18.7. The number of para-hydroxylation sites is 2. The second-order valence-electron chi connectivity index (χ2n) is 5.73. The molecule has 0 saturated heterocycles. The van der Waals surface area contributed by atoms with Crippen molar-refractivity contribution in [3.8, 4) is 0 Å². The van der Waals surface area contributed by atoms with Crippen molar-refractivity contribution < 1.29 is 19.2 Å². The molecule has 0 radical (unpaired) electrons. The van der Waals surface area contributed by atoms with Gasteiger partial charge in [-0.2, -0.15) is 0 Å². The molecule has 0 spiro atoms. The van der Waals surface area contributed by atoms with Gasteiger partial charge in [0.05, 0.1) is 11.3 Å². The van der Waals surface area contributed by atoms with Crippen LogP contribution in [0.25, 0.3) is 22.7 Å². The molecule has 7 heteroatoms. The summed E-state index contributed by atoms with van der Waals surface area (Å²) < 4.78 is 5.65. The van der Waals surface area contributed by atoms with E-state index >= 15 is 0 Å². The van der Waals surface area contributed by atoms with Crippen LogP contribution < -0.4 is 0 Å². The minimum atomic E-state index is -1.04. The van der Waals surface area contributed by atoms with Crippen LogP contribution in [-0.2, 0) is 11.2 Å². The van der Waals surface area contributed by atoms with Crippen LogP contribution in [0.1, 0.15) is 30.4 Å². The van der Waals surface area contributed by atoms with Gasteiger partial charge in [-0.1, -0.05) is 31.2 Å². The van der Waals surface area contributed by atoms with E-state index in [-0.39, 0.29) is 18.0 Å². The second-order valence-corrected chi connectivity index (χ2v) is 5.73. The number of nitro groups is 1. The van der Waals surface area contributed by atoms with E-state index < -0.39 is 10.9 Å². The Balaban J connectivity index is 2.09. The van der Waals surface area contributed by atoms with Crippen LogP contribution in [0.3, 0.4) is 0 Å². The molecule has 0 aliphatic carbocycles. The largest absolute Gasteiger partial charge is 0.481 e. The molecule has 1 aromatic heterocycles. The zero-order valence-corrected chi connectivity index (χ0v) is 14.0. The Bertz CT molecular complexity index is 987. The maximum absolute atomic E-state index is 11.2. The first-order valence-electron chi connectivity index (χ1n) is 8.03. The average Bonchev–Trinajstić information content (AvgIpc) is 3.04. The van der Waals surface area contributed by atoms with E-state index in [9.17, 15) is 20.0 Å². The number of nitrogens with zero attached hydrogens (tertiary/aromatic N) is 2. The first-order chi connectivity index (χ1) is 12.5. The smallest absolute Gasteiger partial charge is 0.308 e. The number of aliphatic carboxylic acids is 1. The first kappa shape index (κ1) is 17.3. The number of hydrogen-bond acceptors (Lipinski definition) is 5. The van der Waals surface area contributed by atoms with Crippen molar-refractivity contribution in [1.82, 2.24) is 4.98 Å². The highest BCUT2D eigenvalue weighted by Gasteiger charge is 2.16. The third kappa shape index (κ3) is 3.61. The van der Waals surface area contributed by atoms with E-state index in [0.29, 0.717) is 34.2 Å². The summed E-state index contributed by atoms with van der Waals surface area (Å²) in [6.45, 7) is 1.84. The van der Waals surface area contributed by atoms with Crippen LogP contribution >= 0.6 is 0 Å². The molecular weight excluding hydrogens is 336 g/mol. The molecular formula is C19H16N2O5. The van der Waals surface area contributed by atoms with Gasteiger partial charge in [-0.3, -0.25) is 14.9 Å².